The predicted molar refractivity (Wildman–Crippen MR) is 101 cm³/mol. The fraction of sp³-hybridized carbons (Fsp3) is 0.450. The number of nitrogens with one attached hydrogen (secondary N) is 1. The summed E-state index contributed by atoms with van der Waals surface area (Å²) in [4.78, 5) is 7.01. The zero-order chi connectivity index (χ0) is 16.8. The van der Waals surface area contributed by atoms with Gasteiger partial charge in [-0.15, -0.1) is 0 Å². The molecule has 0 saturated carbocycles. The monoisotopic (exact) mass is 324 g/mol. The van der Waals surface area contributed by atoms with Gasteiger partial charge in [-0.25, -0.2) is 4.98 Å². The van der Waals surface area contributed by atoms with Gasteiger partial charge in [0.15, 0.2) is 5.82 Å². The molecule has 1 unspecified atom stereocenters. The number of rotatable bonds is 6. The molecule has 1 atom stereocenters. The highest BCUT2D eigenvalue weighted by molar-refractivity contribution is 5.62. The van der Waals surface area contributed by atoms with Crippen LogP contribution in [0.25, 0.3) is 0 Å². The number of piperidine rings is 1. The maximum absolute atomic E-state index is 6.24. The largest absolute Gasteiger partial charge is 0.396 e. The Balaban J connectivity index is 1.90. The Labute approximate surface area is 145 Å². The SMILES string of the molecule is CCN(c1ncccc1N)C(Cc1ccccc1)C1CCNCC1. The second-order valence-electron chi connectivity index (χ2n) is 6.55. The molecule has 1 aromatic carbocycles. The number of anilines is 2. The standard InChI is InChI=1S/C20H28N4/c1-2-24(20-18(21)9-6-12-23-20)19(17-10-13-22-14-11-17)15-16-7-4-3-5-8-16/h3-9,12,17,19,22H,2,10-11,13-15,21H2,1H3. The van der Waals surface area contributed by atoms with Crippen LogP contribution >= 0.6 is 0 Å². The summed E-state index contributed by atoms with van der Waals surface area (Å²) in [6.45, 7) is 5.33. The minimum Gasteiger partial charge on any atom is -0.396 e. The fourth-order valence-corrected chi connectivity index (χ4v) is 3.81. The molecule has 1 saturated heterocycles. The second-order valence-corrected chi connectivity index (χ2v) is 6.55. The van der Waals surface area contributed by atoms with Gasteiger partial charge in [-0.3, -0.25) is 0 Å². The third kappa shape index (κ3) is 3.88. The van der Waals surface area contributed by atoms with E-state index in [1.807, 2.05) is 18.3 Å². The summed E-state index contributed by atoms with van der Waals surface area (Å²) >= 11 is 0. The Kier molecular flexibility index (Phi) is 5.70. The van der Waals surface area contributed by atoms with Crippen LogP contribution in [0, 0.1) is 5.92 Å². The van der Waals surface area contributed by atoms with E-state index in [1.165, 1.54) is 18.4 Å². The van der Waals surface area contributed by atoms with Crippen LogP contribution in [0.2, 0.25) is 0 Å². The maximum atomic E-state index is 6.24. The van der Waals surface area contributed by atoms with Crippen molar-refractivity contribution >= 4 is 11.5 Å². The maximum Gasteiger partial charge on any atom is 0.152 e. The first-order chi connectivity index (χ1) is 11.8. The van der Waals surface area contributed by atoms with Crippen molar-refractivity contribution in [3.05, 3.63) is 54.2 Å². The van der Waals surface area contributed by atoms with E-state index in [1.54, 1.807) is 0 Å². The number of nitrogens with zero attached hydrogens (tertiary/aromatic N) is 2. The molecule has 0 radical (unpaired) electrons. The molecule has 0 amide bonds. The van der Waals surface area contributed by atoms with Crippen molar-refractivity contribution in [1.82, 2.24) is 10.3 Å². The molecule has 1 aliphatic rings. The molecule has 0 spiro atoms. The van der Waals surface area contributed by atoms with E-state index >= 15 is 0 Å². The second kappa shape index (κ2) is 8.15. The zero-order valence-electron chi connectivity index (χ0n) is 14.5. The van der Waals surface area contributed by atoms with Gasteiger partial charge in [0.25, 0.3) is 0 Å². The summed E-state index contributed by atoms with van der Waals surface area (Å²) < 4.78 is 0. The lowest BCUT2D eigenvalue weighted by Crippen LogP contribution is -2.46. The average molecular weight is 324 g/mol. The number of hydrogen-bond acceptors (Lipinski definition) is 4. The smallest absolute Gasteiger partial charge is 0.152 e. The molecule has 3 rings (SSSR count). The van der Waals surface area contributed by atoms with E-state index in [0.717, 1.165) is 37.6 Å². The first kappa shape index (κ1) is 16.8. The molecule has 3 N–H and O–H groups in total. The molecule has 0 aliphatic carbocycles. The minimum atomic E-state index is 0.428. The lowest BCUT2D eigenvalue weighted by molar-refractivity contribution is 0.304. The van der Waals surface area contributed by atoms with Crippen LogP contribution in [-0.2, 0) is 6.42 Å². The van der Waals surface area contributed by atoms with Crippen molar-refractivity contribution in [2.24, 2.45) is 5.92 Å². The third-order valence-electron chi connectivity index (χ3n) is 5.05. The van der Waals surface area contributed by atoms with Crippen LogP contribution in [0.5, 0.6) is 0 Å². The van der Waals surface area contributed by atoms with Crippen LogP contribution in [0.3, 0.4) is 0 Å². The van der Waals surface area contributed by atoms with Gasteiger partial charge in [0.2, 0.25) is 0 Å². The lowest BCUT2D eigenvalue weighted by Gasteiger charge is -2.40. The van der Waals surface area contributed by atoms with Crippen molar-refractivity contribution in [2.45, 2.75) is 32.2 Å². The van der Waals surface area contributed by atoms with Crippen molar-refractivity contribution in [1.29, 1.82) is 0 Å². The van der Waals surface area contributed by atoms with Gasteiger partial charge in [0.05, 0.1) is 5.69 Å². The first-order valence-corrected chi connectivity index (χ1v) is 9.01. The first-order valence-electron chi connectivity index (χ1n) is 9.01. The number of likely N-dealkylation sites (N-methyl/N-ethyl adjacent to an activating group) is 1. The van der Waals surface area contributed by atoms with Crippen LogP contribution < -0.4 is 16.0 Å². The van der Waals surface area contributed by atoms with Crippen molar-refractivity contribution in [3.63, 3.8) is 0 Å². The Morgan fingerprint density at radius 3 is 2.58 bits per heavy atom. The van der Waals surface area contributed by atoms with E-state index < -0.39 is 0 Å². The Hall–Kier alpha value is -2.07. The molecule has 4 heteroatoms. The van der Waals surface area contributed by atoms with Gasteiger partial charge in [-0.1, -0.05) is 30.3 Å². The fourth-order valence-electron chi connectivity index (χ4n) is 3.81. The zero-order valence-corrected chi connectivity index (χ0v) is 14.5. The van der Waals surface area contributed by atoms with Crippen molar-refractivity contribution < 1.29 is 0 Å². The van der Waals surface area contributed by atoms with Gasteiger partial charge in [0, 0.05) is 18.8 Å². The number of nitrogens with two attached hydrogens (primary N) is 1. The van der Waals surface area contributed by atoms with Gasteiger partial charge in [-0.05, 0) is 62.9 Å². The van der Waals surface area contributed by atoms with Gasteiger partial charge in [0.1, 0.15) is 0 Å². The normalized spacial score (nSPS) is 16.7. The van der Waals surface area contributed by atoms with Crippen LogP contribution in [0.1, 0.15) is 25.3 Å². The van der Waals surface area contributed by atoms with E-state index in [4.69, 9.17) is 5.73 Å². The minimum absolute atomic E-state index is 0.428. The number of benzene rings is 1. The molecule has 1 aliphatic heterocycles. The molecule has 0 bridgehead atoms. The summed E-state index contributed by atoms with van der Waals surface area (Å²) in [5.41, 5.74) is 8.39. The Morgan fingerprint density at radius 1 is 1.17 bits per heavy atom. The quantitative estimate of drug-likeness (QED) is 0.857. The lowest BCUT2D eigenvalue weighted by atomic mass is 9.85. The molecule has 2 aromatic rings. The number of hydrogen-bond donors (Lipinski definition) is 2. The van der Waals surface area contributed by atoms with E-state index in [0.29, 0.717) is 12.0 Å². The molecular weight excluding hydrogens is 296 g/mol. The van der Waals surface area contributed by atoms with Crippen LogP contribution in [-0.4, -0.2) is 30.7 Å². The molecule has 24 heavy (non-hydrogen) atoms. The molecule has 4 nitrogen and oxygen atoms in total. The third-order valence-corrected chi connectivity index (χ3v) is 5.05. The molecule has 2 heterocycles. The van der Waals surface area contributed by atoms with Gasteiger partial charge < -0.3 is 16.0 Å². The summed E-state index contributed by atoms with van der Waals surface area (Å²) in [6.07, 6.45) is 5.30. The summed E-state index contributed by atoms with van der Waals surface area (Å²) in [5, 5.41) is 3.48. The highest BCUT2D eigenvalue weighted by Crippen LogP contribution is 2.30. The Bertz CT molecular complexity index is 623. The average Bonchev–Trinajstić information content (AvgIpc) is 2.64. The topological polar surface area (TPSA) is 54.2 Å². The Morgan fingerprint density at radius 2 is 1.92 bits per heavy atom. The van der Waals surface area contributed by atoms with Gasteiger partial charge >= 0.3 is 0 Å². The number of pyridine rings is 1. The number of nitrogen functional groups attached to an aromatic ring is 1. The predicted octanol–water partition coefficient (Wildman–Crippen LogP) is 3.10. The van der Waals surface area contributed by atoms with Crippen molar-refractivity contribution in [2.75, 3.05) is 30.3 Å². The molecule has 1 aromatic heterocycles. The summed E-state index contributed by atoms with van der Waals surface area (Å²) in [7, 11) is 0. The van der Waals surface area contributed by atoms with E-state index in [2.05, 4.69) is 52.5 Å². The highest BCUT2D eigenvalue weighted by Gasteiger charge is 2.29. The highest BCUT2D eigenvalue weighted by atomic mass is 15.2. The molecular formula is C20H28N4. The van der Waals surface area contributed by atoms with Gasteiger partial charge in [-0.2, -0.15) is 0 Å². The van der Waals surface area contributed by atoms with E-state index in [9.17, 15) is 0 Å². The molecule has 1 fully saturated rings. The number of aromatic nitrogens is 1. The molecule has 128 valence electrons. The van der Waals surface area contributed by atoms with E-state index in [-0.39, 0.29) is 0 Å². The summed E-state index contributed by atoms with van der Waals surface area (Å²) in [5.74, 6) is 1.59. The summed E-state index contributed by atoms with van der Waals surface area (Å²) in [6, 6.07) is 15.1. The van der Waals surface area contributed by atoms with Crippen LogP contribution in [0.4, 0.5) is 11.5 Å². The van der Waals surface area contributed by atoms with Crippen molar-refractivity contribution in [3.8, 4) is 0 Å². The van der Waals surface area contributed by atoms with Crippen LogP contribution in [0.15, 0.2) is 48.7 Å².